The molecule has 0 amide bonds. The van der Waals surface area contributed by atoms with Crippen LogP contribution in [0.25, 0.3) is 10.9 Å². The Morgan fingerprint density at radius 2 is 2.04 bits per heavy atom. The number of anilines is 1. The third-order valence-corrected chi connectivity index (χ3v) is 5.12. The highest BCUT2D eigenvalue weighted by atomic mass is 32.2. The number of fused-ring (bicyclic) bond motifs is 1. The monoisotopic (exact) mass is 421 g/mol. The Balaban J connectivity index is 1.94. The Hall–Kier alpha value is -2.89. The van der Waals surface area contributed by atoms with E-state index in [1.807, 2.05) is 6.92 Å². The molecule has 3 aromatic rings. The fraction of sp³-hybridized carbons (Fsp3) is 0.118. The van der Waals surface area contributed by atoms with Gasteiger partial charge in [0.05, 0.1) is 11.2 Å². The van der Waals surface area contributed by atoms with Gasteiger partial charge in [-0.1, -0.05) is 12.1 Å². The lowest BCUT2D eigenvalue weighted by molar-refractivity contribution is 0.427. The fourth-order valence-corrected chi connectivity index (χ4v) is 3.61. The molecular formula is C17H16FN5O3S2. The largest absolute Gasteiger partial charge is 0.493 e. The number of nitrogens with zero attached hydrogens (tertiary/aromatic N) is 3. The molecule has 0 radical (unpaired) electrons. The molecule has 2 aromatic carbocycles. The van der Waals surface area contributed by atoms with Crippen molar-refractivity contribution in [3.05, 3.63) is 48.3 Å². The number of thiocarbonyl (C=S) groups is 1. The highest BCUT2D eigenvalue weighted by Gasteiger charge is 2.17. The van der Waals surface area contributed by atoms with Gasteiger partial charge in [-0.2, -0.15) is 0 Å². The first-order chi connectivity index (χ1) is 13.2. The van der Waals surface area contributed by atoms with Crippen LogP contribution in [0.15, 0.2) is 57.6 Å². The molecule has 1 heterocycles. The maximum Gasteiger partial charge on any atom is 0.240 e. The van der Waals surface area contributed by atoms with E-state index in [0.717, 1.165) is 0 Å². The molecular weight excluding hydrogens is 405 g/mol. The Labute approximate surface area is 165 Å². The lowest BCUT2D eigenvalue weighted by Gasteiger charge is -2.08. The Morgan fingerprint density at radius 3 is 2.71 bits per heavy atom. The van der Waals surface area contributed by atoms with Crippen LogP contribution in [0.1, 0.15) is 6.92 Å². The van der Waals surface area contributed by atoms with Crippen molar-refractivity contribution in [2.45, 2.75) is 18.4 Å². The first kappa shape index (κ1) is 19.9. The first-order valence-corrected chi connectivity index (χ1v) is 10.0. The van der Waals surface area contributed by atoms with Crippen LogP contribution >= 0.6 is 12.2 Å². The van der Waals surface area contributed by atoms with E-state index in [1.54, 1.807) is 10.6 Å². The van der Waals surface area contributed by atoms with Crippen molar-refractivity contribution >= 4 is 49.6 Å². The van der Waals surface area contributed by atoms with Gasteiger partial charge in [0, 0.05) is 11.9 Å². The summed E-state index contributed by atoms with van der Waals surface area (Å²) in [7, 11) is -3.97. The van der Waals surface area contributed by atoms with Crippen LogP contribution in [0, 0.1) is 5.82 Å². The summed E-state index contributed by atoms with van der Waals surface area (Å²) in [6, 6.07) is 9.96. The van der Waals surface area contributed by atoms with Crippen molar-refractivity contribution < 1.29 is 17.9 Å². The molecule has 4 N–H and O–H groups in total. The highest BCUT2D eigenvalue weighted by molar-refractivity contribution is 7.89. The molecule has 0 bridgehead atoms. The summed E-state index contributed by atoms with van der Waals surface area (Å²) in [4.78, 5) is -0.153. The predicted octanol–water partition coefficient (Wildman–Crippen LogP) is 3.63. The summed E-state index contributed by atoms with van der Waals surface area (Å²) >= 11 is 5.07. The number of sulfonamides is 1. The van der Waals surface area contributed by atoms with Crippen LogP contribution in [0.3, 0.4) is 0 Å². The minimum Gasteiger partial charge on any atom is -0.493 e. The second-order valence-corrected chi connectivity index (χ2v) is 7.67. The van der Waals surface area contributed by atoms with Crippen molar-refractivity contribution in [1.29, 1.82) is 0 Å². The quantitative estimate of drug-likeness (QED) is 0.439. The van der Waals surface area contributed by atoms with Gasteiger partial charge >= 0.3 is 0 Å². The summed E-state index contributed by atoms with van der Waals surface area (Å²) in [6.07, 6.45) is 0. The van der Waals surface area contributed by atoms with E-state index in [-0.39, 0.29) is 27.3 Å². The van der Waals surface area contributed by atoms with Crippen LogP contribution in [0.4, 0.5) is 15.8 Å². The molecule has 8 nitrogen and oxygen atoms in total. The van der Waals surface area contributed by atoms with Crippen molar-refractivity contribution in [1.82, 2.24) is 4.57 Å². The number of hydrogen-bond donors (Lipinski definition) is 3. The lowest BCUT2D eigenvalue weighted by atomic mass is 10.2. The van der Waals surface area contributed by atoms with Crippen molar-refractivity contribution in [3.63, 3.8) is 0 Å². The standard InChI is InChI=1S/C17H16FN5O3S2/c1-2-23-13-8-7-10(18)9-11(13)15(16(23)24)21-22-17(27)20-12-5-3-4-6-14(12)28(19,25)26/h3-9,24H,2H2,1H3,(H,20,27)(H2,19,25,26). The number of aryl methyl sites for hydroxylation is 1. The minimum absolute atomic E-state index is 0.0558. The number of rotatable bonds is 4. The van der Waals surface area contributed by atoms with Crippen LogP contribution < -0.4 is 10.5 Å². The van der Waals surface area contributed by atoms with Gasteiger partial charge in [0.2, 0.25) is 21.0 Å². The molecule has 0 saturated heterocycles. The molecule has 11 heteroatoms. The average Bonchev–Trinajstić information content (AvgIpc) is 2.89. The van der Waals surface area contributed by atoms with Gasteiger partial charge in [0.25, 0.3) is 0 Å². The number of aromatic hydroxyl groups is 1. The maximum absolute atomic E-state index is 13.6. The molecule has 0 unspecified atom stereocenters. The number of primary sulfonamides is 1. The number of azo groups is 1. The number of para-hydroxylation sites is 1. The molecule has 1 aromatic heterocycles. The molecule has 0 aliphatic carbocycles. The van der Waals surface area contributed by atoms with Gasteiger partial charge < -0.3 is 15.0 Å². The number of benzene rings is 2. The Bertz CT molecular complexity index is 1200. The molecule has 0 aliphatic rings. The first-order valence-electron chi connectivity index (χ1n) is 8.07. The normalized spacial score (nSPS) is 12.0. The van der Waals surface area contributed by atoms with E-state index in [0.29, 0.717) is 17.4 Å². The molecule has 0 saturated carbocycles. The Morgan fingerprint density at radius 1 is 1.32 bits per heavy atom. The zero-order valence-electron chi connectivity index (χ0n) is 14.6. The van der Waals surface area contributed by atoms with Gasteiger partial charge in [-0.05, 0) is 49.5 Å². The number of halogens is 1. The highest BCUT2D eigenvalue weighted by Crippen LogP contribution is 2.39. The Kier molecular flexibility index (Phi) is 5.40. The summed E-state index contributed by atoms with van der Waals surface area (Å²) in [5, 5.41) is 26.2. The molecule has 146 valence electrons. The average molecular weight is 421 g/mol. The van der Waals surface area contributed by atoms with Crippen LogP contribution in [0.5, 0.6) is 5.88 Å². The van der Waals surface area contributed by atoms with E-state index >= 15 is 0 Å². The van der Waals surface area contributed by atoms with Crippen LogP contribution in [0.2, 0.25) is 0 Å². The van der Waals surface area contributed by atoms with E-state index in [2.05, 4.69) is 15.5 Å². The van der Waals surface area contributed by atoms with Gasteiger partial charge in [0.1, 0.15) is 10.7 Å². The van der Waals surface area contributed by atoms with Gasteiger partial charge in [-0.3, -0.25) is 0 Å². The van der Waals surface area contributed by atoms with Gasteiger partial charge in [0.15, 0.2) is 5.69 Å². The fourth-order valence-electron chi connectivity index (χ4n) is 2.77. The topological polar surface area (TPSA) is 122 Å². The molecule has 0 spiro atoms. The predicted molar refractivity (Wildman–Crippen MR) is 108 cm³/mol. The van der Waals surface area contributed by atoms with Crippen molar-refractivity contribution in [3.8, 4) is 5.88 Å². The summed E-state index contributed by atoms with van der Waals surface area (Å²) in [5.74, 6) is -0.667. The van der Waals surface area contributed by atoms with Gasteiger partial charge in [-0.25, -0.2) is 17.9 Å². The van der Waals surface area contributed by atoms with E-state index in [4.69, 9.17) is 17.4 Å². The van der Waals surface area contributed by atoms with Crippen LogP contribution in [-0.2, 0) is 16.6 Å². The van der Waals surface area contributed by atoms with E-state index in [1.165, 1.54) is 36.4 Å². The number of nitrogens with two attached hydrogens (primary N) is 1. The van der Waals surface area contributed by atoms with Crippen molar-refractivity contribution in [2.75, 3.05) is 5.32 Å². The number of hydrogen-bond acceptors (Lipinski definition) is 5. The summed E-state index contributed by atoms with van der Waals surface area (Å²) in [6.45, 7) is 2.26. The molecule has 0 atom stereocenters. The van der Waals surface area contributed by atoms with Crippen molar-refractivity contribution in [2.24, 2.45) is 15.4 Å². The minimum atomic E-state index is -3.97. The molecule has 0 fully saturated rings. The third-order valence-electron chi connectivity index (χ3n) is 3.96. The molecule has 0 aliphatic heterocycles. The second-order valence-electron chi connectivity index (χ2n) is 5.75. The molecule has 28 heavy (non-hydrogen) atoms. The third kappa shape index (κ3) is 3.86. The molecule has 3 rings (SSSR count). The summed E-state index contributed by atoms with van der Waals surface area (Å²) in [5.41, 5.74) is 0.786. The zero-order valence-corrected chi connectivity index (χ0v) is 16.3. The van der Waals surface area contributed by atoms with E-state index in [9.17, 15) is 17.9 Å². The van der Waals surface area contributed by atoms with Gasteiger partial charge in [-0.15, -0.1) is 10.2 Å². The zero-order chi connectivity index (χ0) is 20.5. The smallest absolute Gasteiger partial charge is 0.240 e. The van der Waals surface area contributed by atoms with E-state index < -0.39 is 15.8 Å². The SMILES string of the molecule is CCn1c(O)c(N=NC(=S)Nc2ccccc2S(N)(=O)=O)c2cc(F)ccc21. The maximum atomic E-state index is 13.6. The second kappa shape index (κ2) is 7.62. The van der Waals surface area contributed by atoms with Crippen LogP contribution in [-0.4, -0.2) is 23.2 Å². The summed E-state index contributed by atoms with van der Waals surface area (Å²) < 4.78 is 38.5. The number of nitrogens with one attached hydrogen (secondary N) is 1. The lowest BCUT2D eigenvalue weighted by Crippen LogP contribution is -2.16. The number of aromatic nitrogens is 1.